The third-order valence-electron chi connectivity index (χ3n) is 1.86. The smallest absolute Gasteiger partial charge is 0.124 e. The summed E-state index contributed by atoms with van der Waals surface area (Å²) in [4.78, 5) is 0. The number of aliphatic hydroxyl groups is 1. The molecule has 15 heavy (non-hydrogen) atoms. The van der Waals surface area contributed by atoms with Crippen LogP contribution in [0.15, 0.2) is 18.2 Å². The summed E-state index contributed by atoms with van der Waals surface area (Å²) in [5.41, 5.74) is 0.508. The molecule has 0 aliphatic rings. The van der Waals surface area contributed by atoms with Gasteiger partial charge in [0.1, 0.15) is 11.9 Å². The number of hydrogen-bond acceptors (Lipinski definition) is 3. The van der Waals surface area contributed by atoms with E-state index in [1.807, 2.05) is 6.07 Å². The SMILES string of the molecule is N#CC(NCCO)c1ccc(F)cc1Cl. The third kappa shape index (κ3) is 3.17. The van der Waals surface area contributed by atoms with Crippen LogP contribution in [0.25, 0.3) is 0 Å². The van der Waals surface area contributed by atoms with Crippen molar-refractivity contribution >= 4 is 11.6 Å². The standard InChI is InChI=1S/C10H10ClFN2O/c11-9-5-7(12)1-2-8(9)10(6-13)14-3-4-15/h1-2,5,10,14-15H,3-4H2. The molecule has 5 heteroatoms. The van der Waals surface area contributed by atoms with Crippen LogP contribution < -0.4 is 5.32 Å². The van der Waals surface area contributed by atoms with Gasteiger partial charge in [-0.15, -0.1) is 0 Å². The van der Waals surface area contributed by atoms with Gasteiger partial charge in [0, 0.05) is 17.1 Å². The highest BCUT2D eigenvalue weighted by atomic mass is 35.5. The number of halogens is 2. The number of benzene rings is 1. The molecule has 0 radical (unpaired) electrons. The molecule has 1 rings (SSSR count). The lowest BCUT2D eigenvalue weighted by Crippen LogP contribution is -2.23. The van der Waals surface area contributed by atoms with Gasteiger partial charge in [0.05, 0.1) is 12.7 Å². The number of nitrogens with one attached hydrogen (secondary N) is 1. The largest absolute Gasteiger partial charge is 0.395 e. The Bertz CT molecular complexity index is 378. The summed E-state index contributed by atoms with van der Waals surface area (Å²) in [5, 5.41) is 20.4. The van der Waals surface area contributed by atoms with Crippen molar-refractivity contribution < 1.29 is 9.50 Å². The van der Waals surface area contributed by atoms with Crippen LogP contribution in [0.4, 0.5) is 4.39 Å². The fourth-order valence-electron chi connectivity index (χ4n) is 1.17. The Morgan fingerprint density at radius 2 is 2.33 bits per heavy atom. The third-order valence-corrected chi connectivity index (χ3v) is 2.19. The maximum absolute atomic E-state index is 12.7. The molecule has 0 aliphatic heterocycles. The van der Waals surface area contributed by atoms with E-state index in [2.05, 4.69) is 5.32 Å². The van der Waals surface area contributed by atoms with Gasteiger partial charge >= 0.3 is 0 Å². The van der Waals surface area contributed by atoms with E-state index in [0.717, 1.165) is 6.07 Å². The Morgan fingerprint density at radius 1 is 1.60 bits per heavy atom. The molecule has 0 aliphatic carbocycles. The molecule has 80 valence electrons. The minimum atomic E-state index is -0.634. The first-order chi connectivity index (χ1) is 7.19. The predicted octanol–water partition coefficient (Wildman–Crippen LogP) is 1.63. The zero-order valence-corrected chi connectivity index (χ0v) is 8.63. The maximum atomic E-state index is 12.7. The van der Waals surface area contributed by atoms with Gasteiger partial charge in [-0.1, -0.05) is 17.7 Å². The molecule has 0 fully saturated rings. The summed E-state index contributed by atoms with van der Waals surface area (Å²) in [7, 11) is 0. The Labute approximate surface area is 92.1 Å². The minimum absolute atomic E-state index is 0.0724. The van der Waals surface area contributed by atoms with Crippen molar-refractivity contribution in [3.05, 3.63) is 34.6 Å². The van der Waals surface area contributed by atoms with Gasteiger partial charge in [0.2, 0.25) is 0 Å². The first kappa shape index (κ1) is 11.9. The average Bonchev–Trinajstić information content (AvgIpc) is 2.21. The van der Waals surface area contributed by atoms with Crippen LogP contribution in [-0.4, -0.2) is 18.3 Å². The number of hydrogen-bond donors (Lipinski definition) is 2. The van der Waals surface area contributed by atoms with Crippen LogP contribution in [-0.2, 0) is 0 Å². The van der Waals surface area contributed by atoms with E-state index in [1.165, 1.54) is 12.1 Å². The highest BCUT2D eigenvalue weighted by Crippen LogP contribution is 2.23. The fraction of sp³-hybridized carbons (Fsp3) is 0.300. The molecule has 0 bridgehead atoms. The second-order valence-electron chi connectivity index (χ2n) is 2.91. The quantitative estimate of drug-likeness (QED) is 0.824. The van der Waals surface area contributed by atoms with Gasteiger partial charge in [0.25, 0.3) is 0 Å². The molecular weight excluding hydrogens is 219 g/mol. The zero-order chi connectivity index (χ0) is 11.3. The van der Waals surface area contributed by atoms with Crippen LogP contribution >= 0.6 is 11.6 Å². The summed E-state index contributed by atoms with van der Waals surface area (Å²) >= 11 is 5.79. The molecule has 0 saturated heterocycles. The molecule has 0 amide bonds. The van der Waals surface area contributed by atoms with Crippen molar-refractivity contribution in [1.29, 1.82) is 5.26 Å². The highest BCUT2D eigenvalue weighted by Gasteiger charge is 2.13. The Morgan fingerprint density at radius 3 is 2.87 bits per heavy atom. The Balaban J connectivity index is 2.88. The molecule has 3 nitrogen and oxygen atoms in total. The van der Waals surface area contributed by atoms with E-state index in [-0.39, 0.29) is 18.2 Å². The number of aliphatic hydroxyl groups excluding tert-OH is 1. The normalized spacial score (nSPS) is 12.1. The summed E-state index contributed by atoms with van der Waals surface area (Å²) in [6.45, 7) is 0.211. The lowest BCUT2D eigenvalue weighted by atomic mass is 10.1. The van der Waals surface area contributed by atoms with Crippen LogP contribution in [0.1, 0.15) is 11.6 Å². The second-order valence-corrected chi connectivity index (χ2v) is 3.31. The van der Waals surface area contributed by atoms with Gasteiger partial charge in [-0.2, -0.15) is 5.26 Å². The molecule has 2 N–H and O–H groups in total. The summed E-state index contributed by atoms with van der Waals surface area (Å²) in [6, 6.07) is 5.20. The van der Waals surface area contributed by atoms with Crippen LogP contribution in [0.5, 0.6) is 0 Å². The van der Waals surface area contributed by atoms with Crippen molar-refractivity contribution in [3.63, 3.8) is 0 Å². The van der Waals surface area contributed by atoms with E-state index in [9.17, 15) is 4.39 Å². The molecule has 1 unspecified atom stereocenters. The Kier molecular flexibility index (Phi) is 4.50. The van der Waals surface area contributed by atoms with Gasteiger partial charge in [-0.05, 0) is 12.1 Å². The zero-order valence-electron chi connectivity index (χ0n) is 7.87. The van der Waals surface area contributed by atoms with E-state index in [4.69, 9.17) is 22.0 Å². The van der Waals surface area contributed by atoms with Gasteiger partial charge in [-0.3, -0.25) is 5.32 Å². The highest BCUT2D eigenvalue weighted by molar-refractivity contribution is 6.31. The van der Waals surface area contributed by atoms with Crippen molar-refractivity contribution in [2.45, 2.75) is 6.04 Å². The van der Waals surface area contributed by atoms with Crippen LogP contribution in [0.3, 0.4) is 0 Å². The van der Waals surface area contributed by atoms with Gasteiger partial charge in [0.15, 0.2) is 0 Å². The monoisotopic (exact) mass is 228 g/mol. The average molecular weight is 229 g/mol. The van der Waals surface area contributed by atoms with Crippen LogP contribution in [0.2, 0.25) is 5.02 Å². The van der Waals surface area contributed by atoms with Crippen molar-refractivity contribution in [3.8, 4) is 6.07 Å². The lowest BCUT2D eigenvalue weighted by Gasteiger charge is -2.12. The Hall–Kier alpha value is -1.15. The minimum Gasteiger partial charge on any atom is -0.395 e. The van der Waals surface area contributed by atoms with E-state index in [0.29, 0.717) is 5.56 Å². The van der Waals surface area contributed by atoms with E-state index < -0.39 is 11.9 Å². The second kappa shape index (κ2) is 5.66. The molecule has 1 atom stereocenters. The maximum Gasteiger partial charge on any atom is 0.124 e. The molecule has 1 aromatic carbocycles. The van der Waals surface area contributed by atoms with Gasteiger partial charge in [-0.25, -0.2) is 4.39 Å². The number of nitrogens with zero attached hydrogens (tertiary/aromatic N) is 1. The molecule has 0 spiro atoms. The van der Waals surface area contributed by atoms with Crippen molar-refractivity contribution in [2.75, 3.05) is 13.2 Å². The fourth-order valence-corrected chi connectivity index (χ4v) is 1.45. The van der Waals surface area contributed by atoms with Gasteiger partial charge < -0.3 is 5.11 Å². The predicted molar refractivity (Wildman–Crippen MR) is 54.9 cm³/mol. The molecule has 0 aromatic heterocycles. The molecule has 0 saturated carbocycles. The lowest BCUT2D eigenvalue weighted by molar-refractivity contribution is 0.289. The van der Waals surface area contributed by atoms with Crippen molar-refractivity contribution in [2.24, 2.45) is 0 Å². The first-order valence-corrected chi connectivity index (χ1v) is 4.75. The van der Waals surface area contributed by atoms with E-state index in [1.54, 1.807) is 0 Å². The molecule has 1 aromatic rings. The molecular formula is C10H10ClFN2O. The van der Waals surface area contributed by atoms with Crippen molar-refractivity contribution in [1.82, 2.24) is 5.32 Å². The van der Waals surface area contributed by atoms with E-state index >= 15 is 0 Å². The number of nitriles is 1. The summed E-state index contributed by atoms with van der Waals surface area (Å²) in [6.07, 6.45) is 0. The first-order valence-electron chi connectivity index (χ1n) is 4.38. The summed E-state index contributed by atoms with van der Waals surface area (Å²) in [5.74, 6) is -0.442. The molecule has 0 heterocycles. The topological polar surface area (TPSA) is 56.0 Å². The summed E-state index contributed by atoms with van der Waals surface area (Å²) < 4.78 is 12.7. The van der Waals surface area contributed by atoms with Crippen LogP contribution in [0, 0.1) is 17.1 Å². The number of rotatable bonds is 4.